The Morgan fingerprint density at radius 1 is 1.09 bits per heavy atom. The lowest BCUT2D eigenvalue weighted by molar-refractivity contribution is 0.0982. The van der Waals surface area contributed by atoms with Crippen LogP contribution in [0, 0.1) is 5.82 Å². The highest BCUT2D eigenvalue weighted by molar-refractivity contribution is 7.99. The molecule has 0 radical (unpaired) electrons. The largest absolute Gasteiger partial charge is 0.294 e. The second-order valence-corrected chi connectivity index (χ2v) is 6.57. The van der Waals surface area contributed by atoms with Crippen molar-refractivity contribution in [3.63, 3.8) is 0 Å². The van der Waals surface area contributed by atoms with Gasteiger partial charge in [-0.2, -0.15) is 11.8 Å². The maximum atomic E-state index is 13.1. The van der Waals surface area contributed by atoms with E-state index in [-0.39, 0.29) is 16.9 Å². The Bertz CT molecular complexity index is 580. The third-order valence-electron chi connectivity index (χ3n) is 3.53. The summed E-state index contributed by atoms with van der Waals surface area (Å²) in [7, 11) is 0. The molecule has 1 atom stereocenters. The molecule has 0 aliphatic heterocycles. The first-order chi connectivity index (χ1) is 10.7. The lowest BCUT2D eigenvalue weighted by Crippen LogP contribution is -2.06. The van der Waals surface area contributed by atoms with E-state index < -0.39 is 0 Å². The summed E-state index contributed by atoms with van der Waals surface area (Å²) in [6.07, 6.45) is 2.71. The standard InChI is InChI=1S/C19H21FOS/c1-2-3-13-22-19(16-9-11-17(20)12-10-16)14-18(21)15-7-5-4-6-8-15/h4-12,19H,2-3,13-14H2,1H3. The molecule has 0 aliphatic carbocycles. The average Bonchev–Trinajstić information content (AvgIpc) is 2.55. The van der Waals surface area contributed by atoms with Gasteiger partial charge in [0.15, 0.2) is 5.78 Å². The van der Waals surface area contributed by atoms with Crippen molar-refractivity contribution in [3.8, 4) is 0 Å². The van der Waals surface area contributed by atoms with Gasteiger partial charge in [-0.3, -0.25) is 4.79 Å². The van der Waals surface area contributed by atoms with Crippen molar-refractivity contribution in [3.05, 3.63) is 71.5 Å². The van der Waals surface area contributed by atoms with Crippen LogP contribution in [0.1, 0.15) is 47.4 Å². The van der Waals surface area contributed by atoms with Gasteiger partial charge in [-0.15, -0.1) is 0 Å². The Balaban J connectivity index is 2.10. The highest BCUT2D eigenvalue weighted by Crippen LogP contribution is 2.34. The number of unbranched alkanes of at least 4 members (excludes halogenated alkanes) is 1. The molecule has 2 rings (SSSR count). The Hall–Kier alpha value is -1.61. The molecule has 0 heterocycles. The molecule has 116 valence electrons. The van der Waals surface area contributed by atoms with Gasteiger partial charge in [0.1, 0.15) is 5.82 Å². The molecule has 0 spiro atoms. The summed E-state index contributed by atoms with van der Waals surface area (Å²) in [5.41, 5.74) is 1.76. The van der Waals surface area contributed by atoms with Gasteiger partial charge >= 0.3 is 0 Å². The SMILES string of the molecule is CCCCSC(CC(=O)c1ccccc1)c1ccc(F)cc1. The highest BCUT2D eigenvalue weighted by atomic mass is 32.2. The Kier molecular flexibility index (Phi) is 6.66. The summed E-state index contributed by atoms with van der Waals surface area (Å²) in [6, 6.07) is 15.9. The molecule has 1 nitrogen and oxygen atoms in total. The number of carbonyl (C=O) groups excluding carboxylic acids is 1. The molecule has 0 aromatic heterocycles. The quantitative estimate of drug-likeness (QED) is 0.461. The smallest absolute Gasteiger partial charge is 0.164 e. The third-order valence-corrected chi connectivity index (χ3v) is 4.89. The monoisotopic (exact) mass is 316 g/mol. The van der Waals surface area contributed by atoms with Crippen molar-refractivity contribution in [2.45, 2.75) is 31.4 Å². The number of ketones is 1. The minimum Gasteiger partial charge on any atom is -0.294 e. The molecule has 2 aromatic carbocycles. The zero-order chi connectivity index (χ0) is 15.8. The van der Waals surface area contributed by atoms with Crippen molar-refractivity contribution >= 4 is 17.5 Å². The topological polar surface area (TPSA) is 17.1 Å². The van der Waals surface area contributed by atoms with Gasteiger partial charge < -0.3 is 0 Å². The normalized spacial score (nSPS) is 12.1. The molecular weight excluding hydrogens is 295 g/mol. The molecule has 0 saturated heterocycles. The zero-order valence-corrected chi connectivity index (χ0v) is 13.6. The predicted molar refractivity (Wildman–Crippen MR) is 91.9 cm³/mol. The fourth-order valence-corrected chi connectivity index (χ4v) is 3.59. The summed E-state index contributed by atoms with van der Waals surface area (Å²) in [5, 5.41) is 0.0832. The molecule has 0 bridgehead atoms. The number of halogens is 1. The maximum absolute atomic E-state index is 13.1. The van der Waals surface area contributed by atoms with Crippen molar-refractivity contribution in [2.75, 3.05) is 5.75 Å². The molecule has 0 amide bonds. The molecule has 0 N–H and O–H groups in total. The van der Waals surface area contributed by atoms with E-state index in [2.05, 4.69) is 6.92 Å². The number of benzene rings is 2. The molecule has 3 heteroatoms. The van der Waals surface area contributed by atoms with Gasteiger partial charge in [-0.25, -0.2) is 4.39 Å². The summed E-state index contributed by atoms with van der Waals surface area (Å²) in [5.74, 6) is 0.912. The summed E-state index contributed by atoms with van der Waals surface area (Å²) < 4.78 is 13.1. The van der Waals surface area contributed by atoms with Crippen LogP contribution in [0.25, 0.3) is 0 Å². The van der Waals surface area contributed by atoms with Crippen molar-refractivity contribution in [2.24, 2.45) is 0 Å². The van der Waals surface area contributed by atoms with Crippen molar-refractivity contribution in [1.29, 1.82) is 0 Å². The molecule has 1 unspecified atom stereocenters. The van der Waals surface area contributed by atoms with Gasteiger partial charge in [-0.05, 0) is 29.9 Å². The van der Waals surface area contributed by atoms with E-state index in [1.54, 1.807) is 23.9 Å². The van der Waals surface area contributed by atoms with Crippen LogP contribution < -0.4 is 0 Å². The van der Waals surface area contributed by atoms with Crippen LogP contribution in [0.2, 0.25) is 0 Å². The van der Waals surface area contributed by atoms with E-state index in [0.29, 0.717) is 6.42 Å². The Morgan fingerprint density at radius 2 is 1.77 bits per heavy atom. The lowest BCUT2D eigenvalue weighted by atomic mass is 10.0. The molecule has 2 aromatic rings. The first kappa shape index (κ1) is 16.8. The number of hydrogen-bond donors (Lipinski definition) is 0. The van der Waals surface area contributed by atoms with E-state index in [9.17, 15) is 9.18 Å². The number of rotatable bonds is 8. The second-order valence-electron chi connectivity index (χ2n) is 5.26. The van der Waals surface area contributed by atoms with E-state index in [0.717, 1.165) is 29.7 Å². The van der Waals surface area contributed by atoms with Gasteiger partial charge in [-0.1, -0.05) is 55.8 Å². The van der Waals surface area contributed by atoms with E-state index in [1.165, 1.54) is 12.1 Å². The van der Waals surface area contributed by atoms with E-state index in [4.69, 9.17) is 0 Å². The first-order valence-corrected chi connectivity index (χ1v) is 8.71. The Morgan fingerprint density at radius 3 is 2.41 bits per heavy atom. The highest BCUT2D eigenvalue weighted by Gasteiger charge is 2.17. The molecule has 0 aliphatic rings. The average molecular weight is 316 g/mol. The van der Waals surface area contributed by atoms with Crippen molar-refractivity contribution in [1.82, 2.24) is 0 Å². The fraction of sp³-hybridized carbons (Fsp3) is 0.316. The predicted octanol–water partition coefficient (Wildman–Crippen LogP) is 5.67. The van der Waals surface area contributed by atoms with Crippen LogP contribution in [-0.4, -0.2) is 11.5 Å². The van der Waals surface area contributed by atoms with Crippen LogP contribution in [0.4, 0.5) is 4.39 Å². The fourth-order valence-electron chi connectivity index (χ4n) is 2.23. The van der Waals surface area contributed by atoms with E-state index >= 15 is 0 Å². The summed E-state index contributed by atoms with van der Waals surface area (Å²) in [6.45, 7) is 2.16. The molecule has 0 saturated carbocycles. The summed E-state index contributed by atoms with van der Waals surface area (Å²) in [4.78, 5) is 12.4. The van der Waals surface area contributed by atoms with Crippen LogP contribution in [0.15, 0.2) is 54.6 Å². The van der Waals surface area contributed by atoms with Crippen LogP contribution in [-0.2, 0) is 0 Å². The number of hydrogen-bond acceptors (Lipinski definition) is 2. The third kappa shape index (κ3) is 4.99. The first-order valence-electron chi connectivity index (χ1n) is 7.66. The number of carbonyl (C=O) groups is 1. The van der Waals surface area contributed by atoms with E-state index in [1.807, 2.05) is 30.3 Å². The minimum atomic E-state index is -0.240. The molecule has 0 fully saturated rings. The van der Waals surface area contributed by atoms with Gasteiger partial charge in [0.05, 0.1) is 0 Å². The number of thioether (sulfide) groups is 1. The van der Waals surface area contributed by atoms with Crippen LogP contribution in [0.3, 0.4) is 0 Å². The summed E-state index contributed by atoms with van der Waals surface area (Å²) >= 11 is 1.78. The zero-order valence-electron chi connectivity index (χ0n) is 12.8. The lowest BCUT2D eigenvalue weighted by Gasteiger charge is -2.16. The Labute approximate surface area is 135 Å². The molecular formula is C19H21FOS. The van der Waals surface area contributed by atoms with Crippen LogP contribution in [0.5, 0.6) is 0 Å². The van der Waals surface area contributed by atoms with Gasteiger partial charge in [0, 0.05) is 17.2 Å². The minimum absolute atomic E-state index is 0.0832. The maximum Gasteiger partial charge on any atom is 0.164 e. The second kappa shape index (κ2) is 8.74. The van der Waals surface area contributed by atoms with Gasteiger partial charge in [0.2, 0.25) is 0 Å². The van der Waals surface area contributed by atoms with Crippen LogP contribution >= 0.6 is 11.8 Å². The number of Topliss-reactive ketones (excluding diaryl/α,β-unsaturated/α-hetero) is 1. The molecule has 22 heavy (non-hydrogen) atoms. The van der Waals surface area contributed by atoms with Crippen molar-refractivity contribution < 1.29 is 9.18 Å². The van der Waals surface area contributed by atoms with Gasteiger partial charge in [0.25, 0.3) is 0 Å².